The molecule has 0 amide bonds. The van der Waals surface area contributed by atoms with Gasteiger partial charge >= 0.3 is 5.97 Å². The van der Waals surface area contributed by atoms with Gasteiger partial charge in [0, 0.05) is 30.7 Å². The van der Waals surface area contributed by atoms with Crippen molar-refractivity contribution in [3.05, 3.63) is 23.9 Å². The molecule has 0 saturated carbocycles. The first-order valence-corrected chi connectivity index (χ1v) is 6.26. The maximum absolute atomic E-state index is 11.0. The summed E-state index contributed by atoms with van der Waals surface area (Å²) in [7, 11) is 3.12. The first kappa shape index (κ1) is 14.2. The second kappa shape index (κ2) is 5.83. The van der Waals surface area contributed by atoms with Crippen LogP contribution in [0.15, 0.2) is 18.3 Å². The minimum absolute atomic E-state index is 0.0381. The molecule has 6 nitrogen and oxygen atoms in total. The number of rotatable bonds is 6. The van der Waals surface area contributed by atoms with Crippen molar-refractivity contribution >= 4 is 16.9 Å². The van der Waals surface area contributed by atoms with Crippen LogP contribution in [0.4, 0.5) is 0 Å². The number of carboxylic acid groups (broad SMARTS) is 1. The van der Waals surface area contributed by atoms with E-state index in [9.17, 15) is 4.79 Å². The van der Waals surface area contributed by atoms with E-state index in [1.807, 2.05) is 16.8 Å². The van der Waals surface area contributed by atoms with E-state index in [1.54, 1.807) is 20.3 Å². The molecule has 0 aliphatic heterocycles. The summed E-state index contributed by atoms with van der Waals surface area (Å²) < 4.78 is 12.5. The average Bonchev–Trinajstić information content (AvgIpc) is 2.74. The zero-order valence-electron chi connectivity index (χ0n) is 11.5. The minimum atomic E-state index is -0.869. The molecule has 2 rings (SSSR count). The number of ether oxygens (including phenoxy) is 2. The molecule has 0 aliphatic rings. The summed E-state index contributed by atoms with van der Waals surface area (Å²) in [6.07, 6.45) is 1.79. The lowest BCUT2D eigenvalue weighted by Gasteiger charge is -2.09. The SMILES string of the molecule is COc1cc2c(CC(=O)O)cn(CCN)c2cc1OC. The van der Waals surface area contributed by atoms with Gasteiger partial charge in [0.15, 0.2) is 11.5 Å². The monoisotopic (exact) mass is 278 g/mol. The van der Waals surface area contributed by atoms with E-state index in [0.29, 0.717) is 24.6 Å². The summed E-state index contributed by atoms with van der Waals surface area (Å²) in [4.78, 5) is 11.0. The lowest BCUT2D eigenvalue weighted by atomic mass is 10.1. The fourth-order valence-electron chi connectivity index (χ4n) is 2.32. The maximum atomic E-state index is 11.0. The summed E-state index contributed by atoms with van der Waals surface area (Å²) in [5.41, 5.74) is 7.23. The molecular formula is C14H18N2O4. The molecule has 1 aromatic carbocycles. The molecule has 0 atom stereocenters. The number of hydrogen-bond donors (Lipinski definition) is 2. The first-order chi connectivity index (χ1) is 9.60. The predicted octanol–water partition coefficient (Wildman–Crippen LogP) is 1.24. The van der Waals surface area contributed by atoms with Crippen LogP contribution in [0.3, 0.4) is 0 Å². The van der Waals surface area contributed by atoms with Crippen molar-refractivity contribution in [2.24, 2.45) is 5.73 Å². The largest absolute Gasteiger partial charge is 0.493 e. The molecular weight excluding hydrogens is 260 g/mol. The van der Waals surface area contributed by atoms with Gasteiger partial charge in [-0.25, -0.2) is 0 Å². The Kier molecular flexibility index (Phi) is 4.14. The van der Waals surface area contributed by atoms with Gasteiger partial charge in [0.25, 0.3) is 0 Å². The van der Waals surface area contributed by atoms with Gasteiger partial charge in [-0.3, -0.25) is 4.79 Å². The fourth-order valence-corrected chi connectivity index (χ4v) is 2.32. The molecule has 0 spiro atoms. The molecule has 6 heteroatoms. The van der Waals surface area contributed by atoms with E-state index in [2.05, 4.69) is 0 Å². The molecule has 1 heterocycles. The van der Waals surface area contributed by atoms with Gasteiger partial charge in [0.2, 0.25) is 0 Å². The third-order valence-corrected chi connectivity index (χ3v) is 3.18. The van der Waals surface area contributed by atoms with Crippen LogP contribution in [-0.4, -0.2) is 36.4 Å². The van der Waals surface area contributed by atoms with Gasteiger partial charge in [-0.05, 0) is 11.6 Å². The summed E-state index contributed by atoms with van der Waals surface area (Å²) in [5, 5.41) is 9.85. The van der Waals surface area contributed by atoms with Crippen LogP contribution < -0.4 is 15.2 Å². The number of benzene rings is 1. The summed E-state index contributed by atoms with van der Waals surface area (Å²) in [6, 6.07) is 3.65. The Morgan fingerprint density at radius 1 is 1.30 bits per heavy atom. The molecule has 0 bridgehead atoms. The molecule has 20 heavy (non-hydrogen) atoms. The Morgan fingerprint density at radius 2 is 1.95 bits per heavy atom. The molecule has 0 saturated heterocycles. The number of aliphatic carboxylic acids is 1. The smallest absolute Gasteiger partial charge is 0.307 e. The van der Waals surface area contributed by atoms with Gasteiger partial charge in [0.05, 0.1) is 26.2 Å². The van der Waals surface area contributed by atoms with E-state index in [0.717, 1.165) is 16.5 Å². The predicted molar refractivity (Wildman–Crippen MR) is 75.4 cm³/mol. The molecule has 108 valence electrons. The standard InChI is InChI=1S/C14H18N2O4/c1-19-12-6-10-9(5-14(17)18)8-16(4-3-15)11(10)7-13(12)20-2/h6-8H,3-5,15H2,1-2H3,(H,17,18). The van der Waals surface area contributed by atoms with Gasteiger partial charge in [-0.15, -0.1) is 0 Å². The van der Waals surface area contributed by atoms with Crippen molar-refractivity contribution in [1.29, 1.82) is 0 Å². The molecule has 0 aliphatic carbocycles. The number of nitrogens with zero attached hydrogens (tertiary/aromatic N) is 1. The average molecular weight is 278 g/mol. The molecule has 0 radical (unpaired) electrons. The molecule has 3 N–H and O–H groups in total. The normalized spacial score (nSPS) is 10.8. The molecule has 0 unspecified atom stereocenters. The van der Waals surface area contributed by atoms with Crippen molar-refractivity contribution in [1.82, 2.24) is 4.57 Å². The Labute approximate surface area is 116 Å². The van der Waals surface area contributed by atoms with E-state index >= 15 is 0 Å². The molecule has 2 aromatic rings. The number of hydrogen-bond acceptors (Lipinski definition) is 4. The number of carbonyl (C=O) groups is 1. The zero-order valence-corrected chi connectivity index (χ0v) is 11.5. The number of carboxylic acids is 1. The van der Waals surface area contributed by atoms with Gasteiger partial charge in [0.1, 0.15) is 0 Å². The van der Waals surface area contributed by atoms with E-state index < -0.39 is 5.97 Å². The highest BCUT2D eigenvalue weighted by molar-refractivity contribution is 5.90. The number of fused-ring (bicyclic) bond motifs is 1. The van der Waals surface area contributed by atoms with E-state index in [4.69, 9.17) is 20.3 Å². The van der Waals surface area contributed by atoms with Crippen LogP contribution in [0.1, 0.15) is 5.56 Å². The number of aromatic nitrogens is 1. The Morgan fingerprint density at radius 3 is 2.50 bits per heavy atom. The molecule has 1 aromatic heterocycles. The van der Waals surface area contributed by atoms with Crippen LogP contribution in [0, 0.1) is 0 Å². The maximum Gasteiger partial charge on any atom is 0.307 e. The molecule has 0 fully saturated rings. The first-order valence-electron chi connectivity index (χ1n) is 6.26. The zero-order chi connectivity index (χ0) is 14.7. The van der Waals surface area contributed by atoms with Crippen LogP contribution in [0.2, 0.25) is 0 Å². The van der Waals surface area contributed by atoms with Gasteiger partial charge in [-0.1, -0.05) is 0 Å². The highest BCUT2D eigenvalue weighted by atomic mass is 16.5. The number of nitrogens with two attached hydrogens (primary N) is 1. The Balaban J connectivity index is 2.65. The summed E-state index contributed by atoms with van der Waals surface area (Å²) >= 11 is 0. The summed E-state index contributed by atoms with van der Waals surface area (Å²) in [5.74, 6) is 0.321. The number of methoxy groups -OCH3 is 2. The van der Waals surface area contributed by atoms with Crippen molar-refractivity contribution in [3.8, 4) is 11.5 Å². The Hall–Kier alpha value is -2.21. The third kappa shape index (κ3) is 2.55. The van der Waals surface area contributed by atoms with E-state index in [1.165, 1.54) is 0 Å². The topological polar surface area (TPSA) is 86.7 Å². The summed E-state index contributed by atoms with van der Waals surface area (Å²) in [6.45, 7) is 1.09. The van der Waals surface area contributed by atoms with Crippen molar-refractivity contribution in [2.75, 3.05) is 20.8 Å². The lowest BCUT2D eigenvalue weighted by Crippen LogP contribution is -2.08. The van der Waals surface area contributed by atoms with Crippen molar-refractivity contribution < 1.29 is 19.4 Å². The van der Waals surface area contributed by atoms with Crippen LogP contribution in [0.5, 0.6) is 11.5 Å². The second-order valence-corrected chi connectivity index (χ2v) is 4.43. The van der Waals surface area contributed by atoms with Crippen LogP contribution in [0.25, 0.3) is 10.9 Å². The quantitative estimate of drug-likeness (QED) is 0.830. The fraction of sp³-hybridized carbons (Fsp3) is 0.357. The highest BCUT2D eigenvalue weighted by Crippen LogP contribution is 2.34. The van der Waals surface area contributed by atoms with Crippen molar-refractivity contribution in [2.45, 2.75) is 13.0 Å². The third-order valence-electron chi connectivity index (χ3n) is 3.18. The van der Waals surface area contributed by atoms with Crippen LogP contribution >= 0.6 is 0 Å². The van der Waals surface area contributed by atoms with Gasteiger partial charge in [-0.2, -0.15) is 0 Å². The second-order valence-electron chi connectivity index (χ2n) is 4.43. The van der Waals surface area contributed by atoms with E-state index in [-0.39, 0.29) is 6.42 Å². The van der Waals surface area contributed by atoms with Gasteiger partial charge < -0.3 is 24.9 Å². The van der Waals surface area contributed by atoms with Crippen LogP contribution in [-0.2, 0) is 17.8 Å². The highest BCUT2D eigenvalue weighted by Gasteiger charge is 2.15. The minimum Gasteiger partial charge on any atom is -0.493 e. The lowest BCUT2D eigenvalue weighted by molar-refractivity contribution is -0.136. The van der Waals surface area contributed by atoms with Crippen molar-refractivity contribution in [3.63, 3.8) is 0 Å². The Bertz CT molecular complexity index is 634.